The number of nitrogens with zero attached hydrogens (tertiary/aromatic N) is 1. The molecule has 0 aliphatic carbocycles. The fourth-order valence-corrected chi connectivity index (χ4v) is 2.01. The average molecular weight is 153 g/mol. The summed E-state index contributed by atoms with van der Waals surface area (Å²) in [4.78, 5) is 0. The van der Waals surface area contributed by atoms with E-state index in [9.17, 15) is 0 Å². The molecule has 0 saturated carbocycles. The Hall–Kier alpha value is -0.370. The minimum atomic E-state index is -0.0150. The molecule has 63 valence electrons. The van der Waals surface area contributed by atoms with Crippen LogP contribution in [0.1, 0.15) is 40.5 Å². The van der Waals surface area contributed by atoms with Gasteiger partial charge in [0, 0.05) is 29.6 Å². The Morgan fingerprint density at radius 1 is 1.09 bits per heavy atom. The molecule has 1 N–H and O–H groups in total. The van der Waals surface area contributed by atoms with Crippen LogP contribution in [0, 0.1) is 5.41 Å². The Morgan fingerprint density at radius 3 is 1.73 bits per heavy atom. The summed E-state index contributed by atoms with van der Waals surface area (Å²) in [5, 5.41) is 12.3. The van der Waals surface area contributed by atoms with E-state index in [2.05, 4.69) is 33.0 Å². The Balaban J connectivity index is 2.74. The van der Waals surface area contributed by atoms with Gasteiger partial charge in [0.05, 0.1) is 0 Å². The van der Waals surface area contributed by atoms with E-state index in [1.807, 2.05) is 0 Å². The molecule has 1 saturated heterocycles. The number of rotatable bonds is 0. The van der Waals surface area contributed by atoms with Crippen molar-refractivity contribution in [2.75, 3.05) is 0 Å². The summed E-state index contributed by atoms with van der Waals surface area (Å²) in [6, 6.07) is 0. The third kappa shape index (κ3) is 2.29. The van der Waals surface area contributed by atoms with Crippen molar-refractivity contribution in [2.24, 2.45) is 0 Å². The van der Waals surface area contributed by atoms with Crippen molar-refractivity contribution < 1.29 is 0 Å². The van der Waals surface area contributed by atoms with Gasteiger partial charge in [0.1, 0.15) is 0 Å². The van der Waals surface area contributed by atoms with Crippen molar-refractivity contribution in [2.45, 2.75) is 51.6 Å². The highest BCUT2D eigenvalue weighted by molar-refractivity contribution is 5.84. The Bertz CT molecular complexity index is 162. The highest BCUT2D eigenvalue weighted by Crippen LogP contribution is 2.27. The van der Waals surface area contributed by atoms with E-state index in [4.69, 9.17) is 5.41 Å². The van der Waals surface area contributed by atoms with Gasteiger partial charge in [0.25, 0.3) is 0 Å². The first-order valence-corrected chi connectivity index (χ1v) is 4.11. The van der Waals surface area contributed by atoms with Gasteiger partial charge in [-0.2, -0.15) is 0 Å². The first kappa shape index (κ1) is 8.72. The molecular formula is C9H17N2. The highest BCUT2D eigenvalue weighted by Gasteiger charge is 2.36. The lowest BCUT2D eigenvalue weighted by Crippen LogP contribution is -2.52. The van der Waals surface area contributed by atoms with Crippen molar-refractivity contribution in [3.8, 4) is 0 Å². The van der Waals surface area contributed by atoms with Crippen molar-refractivity contribution in [3.63, 3.8) is 0 Å². The number of hydrogen-bond acceptors (Lipinski definition) is 1. The summed E-state index contributed by atoms with van der Waals surface area (Å²) < 4.78 is 0. The molecule has 2 nitrogen and oxygen atoms in total. The molecule has 0 bridgehead atoms. The highest BCUT2D eigenvalue weighted by atomic mass is 15.0. The molecule has 1 aliphatic rings. The summed E-state index contributed by atoms with van der Waals surface area (Å²) in [5.41, 5.74) is 0.813. The van der Waals surface area contributed by atoms with Crippen LogP contribution < -0.4 is 5.32 Å². The predicted octanol–water partition coefficient (Wildman–Crippen LogP) is 1.96. The molecule has 0 aromatic carbocycles. The quantitative estimate of drug-likeness (QED) is 0.552. The maximum atomic E-state index is 7.64. The monoisotopic (exact) mass is 153 g/mol. The van der Waals surface area contributed by atoms with Crippen molar-refractivity contribution in [3.05, 3.63) is 0 Å². The second-order valence-corrected chi connectivity index (χ2v) is 4.69. The smallest absolute Gasteiger partial charge is 0.0358 e. The van der Waals surface area contributed by atoms with Crippen LogP contribution in [0.2, 0.25) is 0 Å². The lowest BCUT2D eigenvalue weighted by atomic mass is 9.82. The van der Waals surface area contributed by atoms with Gasteiger partial charge in [0.2, 0.25) is 0 Å². The van der Waals surface area contributed by atoms with Gasteiger partial charge in [0.15, 0.2) is 0 Å². The number of nitrogens with one attached hydrogen (secondary N) is 1. The molecule has 0 unspecified atom stereocenters. The van der Waals surface area contributed by atoms with Crippen LogP contribution in [0.5, 0.6) is 0 Å². The topological polar surface area (TPSA) is 38.0 Å². The molecule has 1 heterocycles. The summed E-state index contributed by atoms with van der Waals surface area (Å²) in [7, 11) is 0. The standard InChI is InChI=1S/C9H17N2/c1-8(2)5-7(10)6-9(3,4)11-8/h10H,5-6H2,1-4H3. The molecule has 11 heavy (non-hydrogen) atoms. The van der Waals surface area contributed by atoms with Gasteiger partial charge in [-0.05, 0) is 27.7 Å². The van der Waals surface area contributed by atoms with E-state index in [1.54, 1.807) is 0 Å². The summed E-state index contributed by atoms with van der Waals surface area (Å²) >= 11 is 0. The van der Waals surface area contributed by atoms with E-state index in [0.717, 1.165) is 18.6 Å². The first-order valence-electron chi connectivity index (χ1n) is 4.11. The van der Waals surface area contributed by atoms with Crippen molar-refractivity contribution >= 4 is 5.71 Å². The fourth-order valence-electron chi connectivity index (χ4n) is 2.01. The van der Waals surface area contributed by atoms with E-state index in [-0.39, 0.29) is 11.1 Å². The lowest BCUT2D eigenvalue weighted by molar-refractivity contribution is 0.242. The van der Waals surface area contributed by atoms with Crippen LogP contribution in [-0.2, 0) is 0 Å². The molecule has 0 amide bonds. The Kier molecular flexibility index (Phi) is 1.83. The van der Waals surface area contributed by atoms with Gasteiger partial charge in [-0.15, -0.1) is 0 Å². The minimum Gasteiger partial charge on any atom is -0.310 e. The zero-order valence-electron chi connectivity index (χ0n) is 7.86. The van der Waals surface area contributed by atoms with Crippen LogP contribution in [-0.4, -0.2) is 16.8 Å². The van der Waals surface area contributed by atoms with Gasteiger partial charge in [-0.3, -0.25) is 0 Å². The second kappa shape index (κ2) is 2.31. The van der Waals surface area contributed by atoms with Gasteiger partial charge in [-0.1, -0.05) is 0 Å². The molecule has 0 aromatic heterocycles. The van der Waals surface area contributed by atoms with E-state index in [1.165, 1.54) is 0 Å². The Labute approximate surface area is 68.9 Å². The molecular weight excluding hydrogens is 136 g/mol. The zero-order chi connectivity index (χ0) is 8.70. The van der Waals surface area contributed by atoms with E-state index >= 15 is 0 Å². The van der Waals surface area contributed by atoms with Gasteiger partial charge >= 0.3 is 0 Å². The molecule has 0 atom stereocenters. The lowest BCUT2D eigenvalue weighted by Gasteiger charge is -2.40. The molecule has 2 heteroatoms. The van der Waals surface area contributed by atoms with Gasteiger partial charge < -0.3 is 5.41 Å². The average Bonchev–Trinajstić information content (AvgIpc) is 1.49. The molecule has 1 rings (SSSR count). The SMILES string of the molecule is CC1(C)CC(=N)CC(C)(C)[N]1. The predicted molar refractivity (Wildman–Crippen MR) is 47.3 cm³/mol. The van der Waals surface area contributed by atoms with Crippen LogP contribution in [0.25, 0.3) is 0 Å². The number of hydrogen-bond donors (Lipinski definition) is 1. The minimum absolute atomic E-state index is 0.0150. The molecule has 0 aromatic rings. The van der Waals surface area contributed by atoms with Crippen LogP contribution in [0.15, 0.2) is 0 Å². The van der Waals surface area contributed by atoms with Crippen molar-refractivity contribution in [1.82, 2.24) is 5.32 Å². The van der Waals surface area contributed by atoms with Crippen LogP contribution in [0.3, 0.4) is 0 Å². The van der Waals surface area contributed by atoms with Crippen molar-refractivity contribution in [1.29, 1.82) is 5.41 Å². The summed E-state index contributed by atoms with van der Waals surface area (Å²) in [6.07, 6.45) is 1.66. The maximum Gasteiger partial charge on any atom is 0.0358 e. The molecule has 1 fully saturated rings. The van der Waals surface area contributed by atoms with E-state index in [0.29, 0.717) is 0 Å². The zero-order valence-corrected chi connectivity index (χ0v) is 7.86. The van der Waals surface area contributed by atoms with E-state index < -0.39 is 0 Å². The first-order chi connectivity index (χ1) is 4.81. The molecule has 0 spiro atoms. The third-order valence-electron chi connectivity index (χ3n) is 1.90. The Morgan fingerprint density at radius 2 is 1.45 bits per heavy atom. The largest absolute Gasteiger partial charge is 0.310 e. The normalized spacial score (nSPS) is 28.5. The molecule has 1 radical (unpaired) electrons. The third-order valence-corrected chi connectivity index (χ3v) is 1.90. The molecule has 1 aliphatic heterocycles. The second-order valence-electron chi connectivity index (χ2n) is 4.69. The van der Waals surface area contributed by atoms with Crippen LogP contribution >= 0.6 is 0 Å². The summed E-state index contributed by atoms with van der Waals surface area (Å²) in [6.45, 7) is 8.40. The fraction of sp³-hybridized carbons (Fsp3) is 0.889. The maximum absolute atomic E-state index is 7.64. The summed E-state index contributed by atoms with van der Waals surface area (Å²) in [5.74, 6) is 0. The number of piperidine rings is 1. The van der Waals surface area contributed by atoms with Gasteiger partial charge in [-0.25, -0.2) is 5.32 Å². The van der Waals surface area contributed by atoms with Crippen LogP contribution in [0.4, 0.5) is 0 Å².